The van der Waals surface area contributed by atoms with E-state index < -0.39 is 0 Å². The van der Waals surface area contributed by atoms with Gasteiger partial charge in [-0.05, 0) is 41.8 Å². The average Bonchev–Trinajstić information content (AvgIpc) is 3.01. The number of nitrogens with zero attached hydrogens (tertiary/aromatic N) is 1. The predicted molar refractivity (Wildman–Crippen MR) is 94.1 cm³/mol. The molecule has 3 aromatic rings. The van der Waals surface area contributed by atoms with Gasteiger partial charge in [-0.25, -0.2) is 4.98 Å². The molecule has 1 aromatic carbocycles. The van der Waals surface area contributed by atoms with Crippen LogP contribution in [0.5, 0.6) is 0 Å². The minimum Gasteiger partial charge on any atom is -0.384 e. The van der Waals surface area contributed by atoms with Crippen molar-refractivity contribution in [3.8, 4) is 11.1 Å². The SMILES string of the molecule is COCC(C)NCc1cccc(-c2cc(N)nc3[nH]ccc23)c1. The first-order valence-corrected chi connectivity index (χ1v) is 7.72. The molecule has 0 amide bonds. The molecule has 5 heteroatoms. The predicted octanol–water partition coefficient (Wildman–Crippen LogP) is 2.94. The number of aromatic nitrogens is 2. The maximum absolute atomic E-state index is 5.93. The highest BCUT2D eigenvalue weighted by atomic mass is 16.5. The molecule has 0 aliphatic carbocycles. The van der Waals surface area contributed by atoms with Crippen molar-refractivity contribution >= 4 is 16.9 Å². The molecule has 0 saturated heterocycles. The fraction of sp³-hybridized carbons (Fsp3) is 0.278. The van der Waals surface area contributed by atoms with Gasteiger partial charge in [0.05, 0.1) is 6.61 Å². The molecule has 0 bridgehead atoms. The fourth-order valence-corrected chi connectivity index (χ4v) is 2.75. The third-order valence-corrected chi connectivity index (χ3v) is 3.86. The molecule has 1 unspecified atom stereocenters. The van der Waals surface area contributed by atoms with Crippen LogP contribution in [0.1, 0.15) is 12.5 Å². The van der Waals surface area contributed by atoms with E-state index in [9.17, 15) is 0 Å². The van der Waals surface area contributed by atoms with Crippen molar-refractivity contribution in [2.45, 2.75) is 19.5 Å². The first-order chi connectivity index (χ1) is 11.2. The van der Waals surface area contributed by atoms with E-state index in [2.05, 4.69) is 46.5 Å². The molecule has 0 fully saturated rings. The van der Waals surface area contributed by atoms with Gasteiger partial charge in [-0.2, -0.15) is 0 Å². The molecule has 0 spiro atoms. The Hall–Kier alpha value is -2.37. The quantitative estimate of drug-likeness (QED) is 0.654. The van der Waals surface area contributed by atoms with Crippen LogP contribution in [0.15, 0.2) is 42.6 Å². The average molecular weight is 310 g/mol. The molecule has 0 saturated carbocycles. The lowest BCUT2D eigenvalue weighted by Crippen LogP contribution is -2.29. The van der Waals surface area contributed by atoms with E-state index in [0.29, 0.717) is 18.5 Å². The number of anilines is 1. The first-order valence-electron chi connectivity index (χ1n) is 7.72. The molecule has 4 N–H and O–H groups in total. The van der Waals surface area contributed by atoms with Crippen LogP contribution in [0.25, 0.3) is 22.2 Å². The summed E-state index contributed by atoms with van der Waals surface area (Å²) in [5.74, 6) is 0.521. The van der Waals surface area contributed by atoms with E-state index in [1.54, 1.807) is 7.11 Å². The van der Waals surface area contributed by atoms with Crippen LogP contribution in [-0.2, 0) is 11.3 Å². The zero-order chi connectivity index (χ0) is 16.2. The molecule has 3 rings (SSSR count). The number of hydrogen-bond acceptors (Lipinski definition) is 4. The third kappa shape index (κ3) is 3.52. The van der Waals surface area contributed by atoms with Gasteiger partial charge in [-0.1, -0.05) is 18.2 Å². The number of rotatable bonds is 6. The zero-order valence-corrected chi connectivity index (χ0v) is 13.5. The Labute approximate surface area is 135 Å². The Morgan fingerprint density at radius 2 is 2.17 bits per heavy atom. The van der Waals surface area contributed by atoms with Crippen LogP contribution in [0.3, 0.4) is 0 Å². The first kappa shape index (κ1) is 15.5. The number of methoxy groups -OCH3 is 1. The summed E-state index contributed by atoms with van der Waals surface area (Å²) in [5, 5.41) is 4.53. The van der Waals surface area contributed by atoms with E-state index in [1.807, 2.05) is 18.3 Å². The van der Waals surface area contributed by atoms with E-state index in [1.165, 1.54) is 5.56 Å². The van der Waals surface area contributed by atoms with Crippen molar-refractivity contribution in [3.63, 3.8) is 0 Å². The minimum atomic E-state index is 0.316. The second-order valence-electron chi connectivity index (χ2n) is 5.77. The minimum absolute atomic E-state index is 0.316. The largest absolute Gasteiger partial charge is 0.384 e. The van der Waals surface area contributed by atoms with Gasteiger partial charge in [-0.3, -0.25) is 0 Å². The third-order valence-electron chi connectivity index (χ3n) is 3.86. The Balaban J connectivity index is 1.88. The van der Waals surface area contributed by atoms with Crippen molar-refractivity contribution in [2.75, 3.05) is 19.5 Å². The lowest BCUT2D eigenvalue weighted by atomic mass is 10.0. The van der Waals surface area contributed by atoms with Gasteiger partial charge < -0.3 is 20.8 Å². The monoisotopic (exact) mass is 310 g/mol. The summed E-state index contributed by atoms with van der Waals surface area (Å²) in [5.41, 5.74) is 10.2. The molecular formula is C18H22N4O. The lowest BCUT2D eigenvalue weighted by Gasteiger charge is -2.13. The highest BCUT2D eigenvalue weighted by Gasteiger charge is 2.08. The van der Waals surface area contributed by atoms with Gasteiger partial charge in [0.2, 0.25) is 0 Å². The summed E-state index contributed by atoms with van der Waals surface area (Å²) in [6.45, 7) is 3.61. The maximum Gasteiger partial charge on any atom is 0.140 e. The van der Waals surface area contributed by atoms with Gasteiger partial charge in [0.25, 0.3) is 0 Å². The van der Waals surface area contributed by atoms with Crippen LogP contribution in [0.4, 0.5) is 5.82 Å². The Morgan fingerprint density at radius 3 is 3.00 bits per heavy atom. The molecule has 0 aliphatic rings. The number of pyridine rings is 1. The summed E-state index contributed by atoms with van der Waals surface area (Å²) < 4.78 is 5.15. The van der Waals surface area contributed by atoms with Gasteiger partial charge >= 0.3 is 0 Å². The van der Waals surface area contributed by atoms with Gasteiger partial charge in [0.15, 0.2) is 0 Å². The van der Waals surface area contributed by atoms with Gasteiger partial charge in [-0.15, -0.1) is 0 Å². The van der Waals surface area contributed by atoms with Crippen LogP contribution < -0.4 is 11.1 Å². The zero-order valence-electron chi connectivity index (χ0n) is 13.5. The molecular weight excluding hydrogens is 288 g/mol. The van der Waals surface area contributed by atoms with Gasteiger partial charge in [0, 0.05) is 31.3 Å². The van der Waals surface area contributed by atoms with Gasteiger partial charge in [0.1, 0.15) is 11.5 Å². The van der Waals surface area contributed by atoms with E-state index in [-0.39, 0.29) is 0 Å². The highest BCUT2D eigenvalue weighted by Crippen LogP contribution is 2.29. The normalized spacial score (nSPS) is 12.6. The number of nitrogens with two attached hydrogens (primary N) is 1. The molecule has 1 atom stereocenters. The van der Waals surface area contributed by atoms with Crippen LogP contribution in [0.2, 0.25) is 0 Å². The summed E-state index contributed by atoms with van der Waals surface area (Å²) in [6.07, 6.45) is 1.89. The molecule has 2 heterocycles. The molecule has 120 valence electrons. The Kier molecular flexibility index (Phi) is 4.60. The summed E-state index contributed by atoms with van der Waals surface area (Å²) in [6, 6.07) is 12.8. The summed E-state index contributed by atoms with van der Waals surface area (Å²) in [4.78, 5) is 7.44. The number of aromatic amines is 1. The van der Waals surface area contributed by atoms with Crippen molar-refractivity contribution in [3.05, 3.63) is 48.2 Å². The number of hydrogen-bond donors (Lipinski definition) is 3. The second-order valence-corrected chi connectivity index (χ2v) is 5.77. The van der Waals surface area contributed by atoms with Crippen LogP contribution in [0, 0.1) is 0 Å². The number of nitrogen functional groups attached to an aromatic ring is 1. The molecule has 5 nitrogen and oxygen atoms in total. The van der Waals surface area contributed by atoms with Crippen molar-refractivity contribution in [1.29, 1.82) is 0 Å². The summed E-state index contributed by atoms with van der Waals surface area (Å²) in [7, 11) is 1.72. The fourth-order valence-electron chi connectivity index (χ4n) is 2.75. The second kappa shape index (κ2) is 6.81. The van der Waals surface area contributed by atoms with Crippen molar-refractivity contribution in [1.82, 2.24) is 15.3 Å². The van der Waals surface area contributed by atoms with Crippen molar-refractivity contribution < 1.29 is 4.74 Å². The number of benzene rings is 1. The molecule has 23 heavy (non-hydrogen) atoms. The number of nitrogens with one attached hydrogen (secondary N) is 2. The van der Waals surface area contributed by atoms with Crippen LogP contribution in [-0.4, -0.2) is 29.7 Å². The topological polar surface area (TPSA) is 76.0 Å². The smallest absolute Gasteiger partial charge is 0.140 e. The molecule has 2 aromatic heterocycles. The van der Waals surface area contributed by atoms with Crippen molar-refractivity contribution in [2.24, 2.45) is 0 Å². The molecule has 0 radical (unpaired) electrons. The van der Waals surface area contributed by atoms with E-state index in [0.717, 1.165) is 28.7 Å². The van der Waals surface area contributed by atoms with E-state index in [4.69, 9.17) is 10.5 Å². The standard InChI is InChI=1S/C18H22N4O/c1-12(11-23-2)21-10-13-4-3-5-14(8-13)16-9-17(19)22-18-15(16)6-7-20-18/h3-9,12,21H,10-11H2,1-2H3,(H3,19,20,22). The Bertz CT molecular complexity index is 797. The van der Waals surface area contributed by atoms with Crippen LogP contribution >= 0.6 is 0 Å². The number of ether oxygens (including phenoxy) is 1. The lowest BCUT2D eigenvalue weighted by molar-refractivity contribution is 0.171. The highest BCUT2D eigenvalue weighted by molar-refractivity contribution is 5.94. The summed E-state index contributed by atoms with van der Waals surface area (Å²) >= 11 is 0. The number of H-pyrrole nitrogens is 1. The maximum atomic E-state index is 5.93. The molecule has 0 aliphatic heterocycles. The number of fused-ring (bicyclic) bond motifs is 1. The Morgan fingerprint density at radius 1 is 1.30 bits per heavy atom. The van der Waals surface area contributed by atoms with E-state index >= 15 is 0 Å².